The van der Waals surface area contributed by atoms with Crippen molar-refractivity contribution in [2.45, 2.75) is 58.1 Å². The van der Waals surface area contributed by atoms with Crippen LogP contribution in [-0.2, 0) is 14.3 Å². The van der Waals surface area contributed by atoms with E-state index in [4.69, 9.17) is 4.74 Å². The second-order valence-corrected chi connectivity index (χ2v) is 5.68. The Kier molecular flexibility index (Phi) is 4.38. The molecular formula is C14H23NO3. The molecule has 1 aliphatic heterocycles. The van der Waals surface area contributed by atoms with Gasteiger partial charge in [-0.05, 0) is 46.1 Å². The third-order valence-corrected chi connectivity index (χ3v) is 3.93. The van der Waals surface area contributed by atoms with Crippen LogP contribution in [0.4, 0.5) is 0 Å². The molecule has 1 saturated heterocycles. The highest BCUT2D eigenvalue weighted by atomic mass is 16.5. The number of carbonyl (C=O) groups excluding carboxylic acids is 2. The van der Waals surface area contributed by atoms with Crippen molar-refractivity contribution in [3.8, 4) is 0 Å². The van der Waals surface area contributed by atoms with E-state index in [0.29, 0.717) is 12.3 Å². The summed E-state index contributed by atoms with van der Waals surface area (Å²) in [5, 5.41) is 0. The summed E-state index contributed by atoms with van der Waals surface area (Å²) >= 11 is 0. The Morgan fingerprint density at radius 1 is 1.39 bits per heavy atom. The van der Waals surface area contributed by atoms with Crippen molar-refractivity contribution in [1.29, 1.82) is 0 Å². The van der Waals surface area contributed by atoms with Crippen LogP contribution in [-0.4, -0.2) is 41.9 Å². The van der Waals surface area contributed by atoms with Crippen molar-refractivity contribution in [2.75, 3.05) is 13.1 Å². The van der Waals surface area contributed by atoms with Gasteiger partial charge in [-0.25, -0.2) is 0 Å². The van der Waals surface area contributed by atoms with Crippen LogP contribution in [0, 0.1) is 5.92 Å². The third kappa shape index (κ3) is 3.10. The highest BCUT2D eigenvalue weighted by Crippen LogP contribution is 2.33. The van der Waals surface area contributed by atoms with E-state index in [9.17, 15) is 9.59 Å². The zero-order chi connectivity index (χ0) is 13.1. The Morgan fingerprint density at radius 3 is 2.78 bits per heavy atom. The first-order valence-electron chi connectivity index (χ1n) is 7.04. The van der Waals surface area contributed by atoms with Crippen LogP contribution >= 0.6 is 0 Å². The van der Waals surface area contributed by atoms with Gasteiger partial charge in [0.25, 0.3) is 0 Å². The monoisotopic (exact) mass is 253 g/mol. The van der Waals surface area contributed by atoms with E-state index < -0.39 is 0 Å². The van der Waals surface area contributed by atoms with E-state index in [-0.39, 0.29) is 24.0 Å². The maximum atomic E-state index is 11.8. The van der Waals surface area contributed by atoms with Crippen molar-refractivity contribution in [2.24, 2.45) is 5.92 Å². The first-order chi connectivity index (χ1) is 8.58. The number of ketones is 1. The number of likely N-dealkylation sites (tertiary alicyclic amines) is 1. The number of Topliss-reactive ketones (excluding diaryl/α,β-unsaturated/α-hetero) is 1. The average molecular weight is 253 g/mol. The van der Waals surface area contributed by atoms with Crippen molar-refractivity contribution < 1.29 is 14.3 Å². The number of hydrogen-bond donors (Lipinski definition) is 0. The second-order valence-electron chi connectivity index (χ2n) is 5.68. The number of ether oxygens (including phenoxy) is 1. The summed E-state index contributed by atoms with van der Waals surface area (Å²) in [7, 11) is 0. The number of esters is 1. The Bertz CT molecular complexity index is 327. The predicted octanol–water partition coefficient (Wildman–Crippen LogP) is 1.77. The number of nitrogens with zero attached hydrogens (tertiary/aromatic N) is 1. The Labute approximate surface area is 109 Å². The van der Waals surface area contributed by atoms with Crippen LogP contribution in [0.5, 0.6) is 0 Å². The molecule has 0 aromatic carbocycles. The van der Waals surface area contributed by atoms with Crippen LogP contribution in [0.2, 0.25) is 0 Å². The molecule has 4 nitrogen and oxygen atoms in total. The Balaban J connectivity index is 1.91. The molecule has 0 N–H and O–H groups in total. The minimum atomic E-state index is -0.164. The molecule has 0 radical (unpaired) electrons. The zero-order valence-corrected chi connectivity index (χ0v) is 11.4. The highest BCUT2D eigenvalue weighted by molar-refractivity contribution is 5.83. The Hall–Kier alpha value is -0.900. The maximum Gasteiger partial charge on any atom is 0.320 e. The fourth-order valence-corrected chi connectivity index (χ4v) is 3.22. The number of hydrogen-bond acceptors (Lipinski definition) is 4. The van der Waals surface area contributed by atoms with Gasteiger partial charge in [0.1, 0.15) is 5.78 Å². The molecule has 0 bridgehead atoms. The second kappa shape index (κ2) is 5.83. The quantitative estimate of drug-likeness (QED) is 0.716. The summed E-state index contributed by atoms with van der Waals surface area (Å²) in [6.07, 6.45) is 4.82. The number of rotatable bonds is 4. The molecule has 0 spiro atoms. The van der Waals surface area contributed by atoms with Gasteiger partial charge in [-0.15, -0.1) is 0 Å². The standard InChI is InChI=1S/C14H23NO3/c1-10(2)18-14(17)9-15-8-4-6-12(15)11-5-3-7-13(11)16/h10-12H,3-9H2,1-2H3. The largest absolute Gasteiger partial charge is 0.462 e. The topological polar surface area (TPSA) is 46.6 Å². The normalized spacial score (nSPS) is 29.2. The van der Waals surface area contributed by atoms with Gasteiger partial charge in [0, 0.05) is 18.4 Å². The van der Waals surface area contributed by atoms with E-state index in [2.05, 4.69) is 4.90 Å². The smallest absolute Gasteiger partial charge is 0.320 e. The van der Waals surface area contributed by atoms with Crippen LogP contribution in [0.1, 0.15) is 46.0 Å². The van der Waals surface area contributed by atoms with Gasteiger partial charge in [-0.1, -0.05) is 0 Å². The summed E-state index contributed by atoms with van der Waals surface area (Å²) in [6, 6.07) is 0.278. The molecule has 1 saturated carbocycles. The van der Waals surface area contributed by atoms with Gasteiger partial charge < -0.3 is 4.74 Å². The van der Waals surface area contributed by atoms with Gasteiger partial charge in [0.2, 0.25) is 0 Å². The minimum Gasteiger partial charge on any atom is -0.462 e. The van der Waals surface area contributed by atoms with Gasteiger partial charge in [-0.2, -0.15) is 0 Å². The molecular weight excluding hydrogens is 230 g/mol. The minimum absolute atomic E-state index is 0.0633. The van der Waals surface area contributed by atoms with Crippen LogP contribution < -0.4 is 0 Å². The molecule has 2 rings (SSSR count). The van der Waals surface area contributed by atoms with E-state index in [0.717, 1.165) is 38.6 Å². The first-order valence-corrected chi connectivity index (χ1v) is 7.04. The van der Waals surface area contributed by atoms with Gasteiger partial charge in [0.05, 0.1) is 12.6 Å². The lowest BCUT2D eigenvalue weighted by atomic mass is 9.95. The van der Waals surface area contributed by atoms with E-state index in [1.54, 1.807) is 0 Å². The zero-order valence-electron chi connectivity index (χ0n) is 11.4. The molecule has 0 aromatic heterocycles. The molecule has 0 aromatic rings. The predicted molar refractivity (Wildman–Crippen MR) is 68.2 cm³/mol. The molecule has 2 atom stereocenters. The molecule has 2 aliphatic rings. The summed E-state index contributed by atoms with van der Waals surface area (Å²) in [4.78, 5) is 25.7. The molecule has 1 heterocycles. The molecule has 18 heavy (non-hydrogen) atoms. The lowest BCUT2D eigenvalue weighted by Crippen LogP contribution is -2.41. The molecule has 1 aliphatic carbocycles. The molecule has 4 heteroatoms. The van der Waals surface area contributed by atoms with Crippen molar-refractivity contribution in [3.63, 3.8) is 0 Å². The van der Waals surface area contributed by atoms with Gasteiger partial charge in [0.15, 0.2) is 0 Å². The number of carbonyl (C=O) groups is 2. The van der Waals surface area contributed by atoms with Crippen molar-refractivity contribution in [3.05, 3.63) is 0 Å². The SMILES string of the molecule is CC(C)OC(=O)CN1CCCC1C1CCCC1=O. The molecule has 0 amide bonds. The molecule has 2 fully saturated rings. The average Bonchev–Trinajstić information content (AvgIpc) is 2.85. The maximum absolute atomic E-state index is 11.8. The fraction of sp³-hybridized carbons (Fsp3) is 0.857. The first kappa shape index (κ1) is 13.5. The summed E-state index contributed by atoms with van der Waals surface area (Å²) in [6.45, 7) is 4.98. The third-order valence-electron chi connectivity index (χ3n) is 3.93. The lowest BCUT2D eigenvalue weighted by molar-refractivity contribution is -0.149. The van der Waals surface area contributed by atoms with Crippen molar-refractivity contribution >= 4 is 11.8 Å². The summed E-state index contributed by atoms with van der Waals surface area (Å²) in [5.74, 6) is 0.394. The lowest BCUT2D eigenvalue weighted by Gasteiger charge is -2.27. The highest BCUT2D eigenvalue weighted by Gasteiger charge is 2.38. The fourth-order valence-electron chi connectivity index (χ4n) is 3.22. The molecule has 2 unspecified atom stereocenters. The van der Waals surface area contributed by atoms with Gasteiger partial charge in [-0.3, -0.25) is 14.5 Å². The van der Waals surface area contributed by atoms with Crippen LogP contribution in [0.3, 0.4) is 0 Å². The Morgan fingerprint density at radius 2 is 2.17 bits per heavy atom. The van der Waals surface area contributed by atoms with Gasteiger partial charge >= 0.3 is 5.97 Å². The van der Waals surface area contributed by atoms with Crippen LogP contribution in [0.15, 0.2) is 0 Å². The molecule has 102 valence electrons. The van der Waals surface area contributed by atoms with E-state index >= 15 is 0 Å². The summed E-state index contributed by atoms with van der Waals surface area (Å²) < 4.78 is 5.18. The van der Waals surface area contributed by atoms with Crippen molar-refractivity contribution in [1.82, 2.24) is 4.90 Å². The van der Waals surface area contributed by atoms with E-state index in [1.165, 1.54) is 0 Å². The van der Waals surface area contributed by atoms with Crippen LogP contribution in [0.25, 0.3) is 0 Å². The van der Waals surface area contributed by atoms with E-state index in [1.807, 2.05) is 13.8 Å². The summed E-state index contributed by atoms with van der Waals surface area (Å²) in [5.41, 5.74) is 0.